The zero-order valence-electron chi connectivity index (χ0n) is 14.8. The number of hydrogen-bond acceptors (Lipinski definition) is 6. The summed E-state index contributed by atoms with van der Waals surface area (Å²) in [5, 5.41) is 4.09. The van der Waals surface area contributed by atoms with Gasteiger partial charge in [0.2, 0.25) is 5.78 Å². The van der Waals surface area contributed by atoms with Crippen LogP contribution in [0.4, 0.5) is 0 Å². The van der Waals surface area contributed by atoms with Crippen molar-refractivity contribution in [1.82, 2.24) is 19.7 Å². The van der Waals surface area contributed by atoms with Crippen molar-refractivity contribution in [2.75, 3.05) is 13.1 Å². The van der Waals surface area contributed by atoms with Gasteiger partial charge in [-0.2, -0.15) is 0 Å². The molecule has 1 aliphatic rings. The van der Waals surface area contributed by atoms with Gasteiger partial charge in [-0.3, -0.25) is 4.40 Å². The molecular weight excluding hydrogens is 344 g/mol. The maximum atomic E-state index is 12.5. The predicted octanol–water partition coefficient (Wildman–Crippen LogP) is 2.55. The zero-order valence-corrected chi connectivity index (χ0v) is 14.8. The van der Waals surface area contributed by atoms with E-state index in [9.17, 15) is 4.79 Å². The van der Waals surface area contributed by atoms with Crippen molar-refractivity contribution in [3.63, 3.8) is 0 Å². The molecule has 0 bridgehead atoms. The molecule has 0 spiro atoms. The lowest BCUT2D eigenvalue weighted by atomic mass is 10.1. The van der Waals surface area contributed by atoms with Gasteiger partial charge in [0.15, 0.2) is 0 Å². The summed E-state index contributed by atoms with van der Waals surface area (Å²) in [5.41, 5.74) is 2.05. The number of aromatic nitrogens is 3. The average Bonchev–Trinajstić information content (AvgIpc) is 3.30. The van der Waals surface area contributed by atoms with Crippen LogP contribution < -0.4 is 15.7 Å². The van der Waals surface area contributed by atoms with Crippen LogP contribution in [0.15, 0.2) is 52.1 Å². The van der Waals surface area contributed by atoms with Gasteiger partial charge in [0.1, 0.15) is 17.4 Å². The highest BCUT2D eigenvalue weighted by Gasteiger charge is 2.17. The van der Waals surface area contributed by atoms with E-state index >= 15 is 0 Å². The Labute approximate surface area is 154 Å². The summed E-state index contributed by atoms with van der Waals surface area (Å²) in [6.07, 6.45) is 6.59. The lowest BCUT2D eigenvalue weighted by Gasteiger charge is -2.12. The Kier molecular flexibility index (Phi) is 3.68. The minimum Gasteiger partial charge on any atom is -0.489 e. The average molecular weight is 362 g/mol. The Balaban J connectivity index is 1.54. The molecule has 0 aliphatic carbocycles. The van der Waals surface area contributed by atoms with E-state index in [1.54, 1.807) is 28.9 Å². The first kappa shape index (κ1) is 16.0. The number of rotatable bonds is 3. The highest BCUT2D eigenvalue weighted by atomic mass is 16.5. The second-order valence-corrected chi connectivity index (χ2v) is 6.84. The van der Waals surface area contributed by atoms with Crippen molar-refractivity contribution in [1.29, 1.82) is 0 Å². The fourth-order valence-electron chi connectivity index (χ4n) is 3.38. The number of fused-ring (bicyclic) bond motifs is 2. The maximum Gasteiger partial charge on any atom is 0.345 e. The molecule has 7 nitrogen and oxygen atoms in total. The second-order valence-electron chi connectivity index (χ2n) is 6.84. The molecule has 5 rings (SSSR count). The molecule has 0 saturated carbocycles. The van der Waals surface area contributed by atoms with Crippen LogP contribution in [0, 0.1) is 6.92 Å². The van der Waals surface area contributed by atoms with E-state index in [2.05, 4.69) is 15.3 Å². The molecule has 1 fully saturated rings. The van der Waals surface area contributed by atoms with Crippen LogP contribution in [0.2, 0.25) is 0 Å². The zero-order chi connectivity index (χ0) is 18.4. The molecule has 136 valence electrons. The smallest absolute Gasteiger partial charge is 0.345 e. The van der Waals surface area contributed by atoms with Crippen LogP contribution in [0.25, 0.3) is 28.0 Å². The number of imidazole rings is 1. The summed E-state index contributed by atoms with van der Waals surface area (Å²) in [6, 6.07) is 7.38. The summed E-state index contributed by atoms with van der Waals surface area (Å²) in [7, 11) is 0. The third-order valence-corrected chi connectivity index (χ3v) is 4.74. The molecule has 4 aromatic rings. The fraction of sp³-hybridized carbons (Fsp3) is 0.250. The molecule has 1 atom stereocenters. The van der Waals surface area contributed by atoms with Crippen LogP contribution in [-0.2, 0) is 0 Å². The van der Waals surface area contributed by atoms with Crippen LogP contribution in [0.1, 0.15) is 12.0 Å². The molecule has 0 amide bonds. The van der Waals surface area contributed by atoms with Gasteiger partial charge in [-0.05, 0) is 43.7 Å². The third-order valence-electron chi connectivity index (χ3n) is 4.74. The van der Waals surface area contributed by atoms with Crippen molar-refractivity contribution < 1.29 is 9.15 Å². The first-order valence-corrected chi connectivity index (χ1v) is 8.93. The third kappa shape index (κ3) is 2.96. The number of ether oxygens (including phenoxy) is 1. The summed E-state index contributed by atoms with van der Waals surface area (Å²) < 4.78 is 13.3. The summed E-state index contributed by atoms with van der Waals surface area (Å²) in [4.78, 5) is 21.3. The predicted molar refractivity (Wildman–Crippen MR) is 101 cm³/mol. The molecule has 1 aromatic carbocycles. The Morgan fingerprint density at radius 3 is 3.07 bits per heavy atom. The molecule has 1 saturated heterocycles. The summed E-state index contributed by atoms with van der Waals surface area (Å²) in [5.74, 6) is 1.25. The van der Waals surface area contributed by atoms with Crippen molar-refractivity contribution in [2.24, 2.45) is 0 Å². The summed E-state index contributed by atoms with van der Waals surface area (Å²) >= 11 is 0. The van der Waals surface area contributed by atoms with Crippen molar-refractivity contribution in [2.45, 2.75) is 19.4 Å². The number of nitrogens with one attached hydrogen (secondary N) is 1. The molecule has 0 radical (unpaired) electrons. The van der Waals surface area contributed by atoms with Gasteiger partial charge in [0.05, 0.1) is 11.3 Å². The molecular formula is C20H18N4O3. The standard InChI is InChI=1S/C20H18N4O3/c1-12-8-22-20-23-17(11-24(20)10-12)16-6-13-2-3-14(7-18(13)27-19(16)25)26-15-4-5-21-9-15/h2-3,6-8,10-11,15,21H,4-5,9H2,1H3/t15-/m1/s1. The number of benzene rings is 1. The van der Waals surface area contributed by atoms with Crippen LogP contribution in [-0.4, -0.2) is 33.6 Å². The Morgan fingerprint density at radius 1 is 1.30 bits per heavy atom. The largest absolute Gasteiger partial charge is 0.489 e. The van der Waals surface area contributed by atoms with E-state index in [-0.39, 0.29) is 6.10 Å². The molecule has 1 aliphatic heterocycles. The molecule has 27 heavy (non-hydrogen) atoms. The molecule has 1 N–H and O–H groups in total. The minimum absolute atomic E-state index is 0.155. The van der Waals surface area contributed by atoms with E-state index in [1.165, 1.54) is 0 Å². The lowest BCUT2D eigenvalue weighted by molar-refractivity contribution is 0.223. The SMILES string of the molecule is Cc1cnc2nc(-c3cc4ccc(O[C@@H]5CCNC5)cc4oc3=O)cn2c1. The Hall–Kier alpha value is -3.19. The van der Waals surface area contributed by atoms with Gasteiger partial charge in [-0.1, -0.05) is 0 Å². The van der Waals surface area contributed by atoms with Gasteiger partial charge in [0, 0.05) is 36.6 Å². The van der Waals surface area contributed by atoms with Crippen LogP contribution >= 0.6 is 0 Å². The van der Waals surface area contributed by atoms with Crippen molar-refractivity contribution in [3.05, 3.63) is 58.8 Å². The monoisotopic (exact) mass is 362 g/mol. The van der Waals surface area contributed by atoms with E-state index in [4.69, 9.17) is 9.15 Å². The van der Waals surface area contributed by atoms with Gasteiger partial charge in [0.25, 0.3) is 0 Å². The lowest BCUT2D eigenvalue weighted by Crippen LogP contribution is -2.19. The molecule has 3 aromatic heterocycles. The van der Waals surface area contributed by atoms with E-state index in [0.29, 0.717) is 28.4 Å². The highest BCUT2D eigenvalue weighted by molar-refractivity contribution is 5.82. The quantitative estimate of drug-likeness (QED) is 0.564. The van der Waals surface area contributed by atoms with Gasteiger partial charge < -0.3 is 14.5 Å². The summed E-state index contributed by atoms with van der Waals surface area (Å²) in [6.45, 7) is 3.75. The van der Waals surface area contributed by atoms with E-state index < -0.39 is 5.63 Å². The Bertz CT molecular complexity index is 1210. The topological polar surface area (TPSA) is 81.7 Å². The Morgan fingerprint density at radius 2 is 2.22 bits per heavy atom. The molecule has 7 heteroatoms. The molecule has 0 unspecified atom stereocenters. The molecule has 4 heterocycles. The van der Waals surface area contributed by atoms with Crippen LogP contribution in [0.3, 0.4) is 0 Å². The first-order valence-electron chi connectivity index (χ1n) is 8.93. The van der Waals surface area contributed by atoms with Crippen LogP contribution in [0.5, 0.6) is 5.75 Å². The minimum atomic E-state index is -0.428. The van der Waals surface area contributed by atoms with E-state index in [0.717, 1.165) is 30.5 Å². The van der Waals surface area contributed by atoms with Gasteiger partial charge in [-0.15, -0.1) is 0 Å². The fourth-order valence-corrected chi connectivity index (χ4v) is 3.38. The number of nitrogens with zero attached hydrogens (tertiary/aromatic N) is 3. The number of aryl methyl sites for hydroxylation is 1. The van der Waals surface area contributed by atoms with Gasteiger partial charge in [-0.25, -0.2) is 14.8 Å². The highest BCUT2D eigenvalue weighted by Crippen LogP contribution is 2.25. The maximum absolute atomic E-state index is 12.5. The first-order chi connectivity index (χ1) is 13.2. The number of hydrogen-bond donors (Lipinski definition) is 1. The van der Waals surface area contributed by atoms with E-state index in [1.807, 2.05) is 25.3 Å². The van der Waals surface area contributed by atoms with Crippen molar-refractivity contribution >= 4 is 16.7 Å². The normalized spacial score (nSPS) is 17.0. The second kappa shape index (κ2) is 6.21. The van der Waals surface area contributed by atoms with Crippen molar-refractivity contribution in [3.8, 4) is 17.0 Å². The van der Waals surface area contributed by atoms with Gasteiger partial charge >= 0.3 is 5.63 Å².